The normalized spacial score (nSPS) is 29.5. The van der Waals surface area contributed by atoms with Gasteiger partial charge in [0.2, 0.25) is 5.91 Å². The first-order valence-corrected chi connectivity index (χ1v) is 9.72. The third kappa shape index (κ3) is 2.74. The van der Waals surface area contributed by atoms with Crippen molar-refractivity contribution in [2.24, 2.45) is 5.92 Å². The molecular formula is C20H22F2N2O3. The van der Waals surface area contributed by atoms with E-state index in [-0.39, 0.29) is 30.0 Å². The first-order chi connectivity index (χ1) is 13.0. The third-order valence-corrected chi connectivity index (χ3v) is 6.40. The molecule has 5 nitrogen and oxygen atoms in total. The lowest BCUT2D eigenvalue weighted by atomic mass is 9.89. The van der Waals surface area contributed by atoms with Crippen LogP contribution in [0.25, 0.3) is 0 Å². The highest BCUT2D eigenvalue weighted by atomic mass is 19.1. The number of rotatable bonds is 2. The number of nitrogens with zero attached hydrogens (tertiary/aromatic N) is 2. The van der Waals surface area contributed by atoms with E-state index >= 15 is 0 Å². The molecule has 3 saturated heterocycles. The summed E-state index contributed by atoms with van der Waals surface area (Å²) in [5.41, 5.74) is -0.416. The standard InChI is InChI=1S/C20H22F2N2O3/c21-14-9-13(10-15(22)11-14)16-3-4-17-24(16)19(26)20(27-17)5-7-23(8-6-20)18(25)12-1-2-12/h9-12,16-17H,1-8H2. The summed E-state index contributed by atoms with van der Waals surface area (Å²) in [6.07, 6.45) is 3.85. The number of amides is 2. The van der Waals surface area contributed by atoms with Gasteiger partial charge in [-0.2, -0.15) is 0 Å². The second kappa shape index (κ2) is 5.99. The molecule has 144 valence electrons. The highest BCUT2D eigenvalue weighted by Crippen LogP contribution is 2.48. The van der Waals surface area contributed by atoms with Crippen LogP contribution in [0.5, 0.6) is 0 Å². The number of carbonyl (C=O) groups is 2. The van der Waals surface area contributed by atoms with E-state index in [1.807, 2.05) is 4.90 Å². The van der Waals surface area contributed by atoms with Gasteiger partial charge in [-0.3, -0.25) is 9.59 Å². The van der Waals surface area contributed by atoms with Crippen LogP contribution in [-0.4, -0.2) is 46.5 Å². The van der Waals surface area contributed by atoms with Crippen LogP contribution in [-0.2, 0) is 14.3 Å². The summed E-state index contributed by atoms with van der Waals surface area (Å²) in [5, 5.41) is 0. The van der Waals surface area contributed by atoms with Gasteiger partial charge in [-0.15, -0.1) is 0 Å². The smallest absolute Gasteiger partial charge is 0.257 e. The number of ether oxygens (including phenoxy) is 1. The molecule has 0 N–H and O–H groups in total. The van der Waals surface area contributed by atoms with Gasteiger partial charge in [0, 0.05) is 37.9 Å². The molecule has 1 aromatic rings. The van der Waals surface area contributed by atoms with Crippen molar-refractivity contribution in [1.29, 1.82) is 0 Å². The zero-order valence-corrected chi connectivity index (χ0v) is 15.0. The van der Waals surface area contributed by atoms with E-state index in [0.717, 1.165) is 18.9 Å². The lowest BCUT2D eigenvalue weighted by Crippen LogP contribution is -2.52. The van der Waals surface area contributed by atoms with Gasteiger partial charge >= 0.3 is 0 Å². The van der Waals surface area contributed by atoms with Crippen molar-refractivity contribution < 1.29 is 23.1 Å². The Balaban J connectivity index is 1.34. The quantitative estimate of drug-likeness (QED) is 0.798. The fourth-order valence-corrected chi connectivity index (χ4v) is 4.82. The molecule has 1 saturated carbocycles. The summed E-state index contributed by atoms with van der Waals surface area (Å²) < 4.78 is 33.5. The fraction of sp³-hybridized carbons (Fsp3) is 0.600. The number of benzene rings is 1. The average Bonchev–Trinajstić information content (AvgIpc) is 3.36. The number of likely N-dealkylation sites (tertiary alicyclic amines) is 1. The SMILES string of the molecule is O=C(C1CC1)N1CCC2(CC1)OC1CCC(c3cc(F)cc(F)c3)N1C2=O. The molecular weight excluding hydrogens is 354 g/mol. The highest BCUT2D eigenvalue weighted by Gasteiger charge is 2.58. The van der Waals surface area contributed by atoms with Gasteiger partial charge in [0.15, 0.2) is 5.60 Å². The van der Waals surface area contributed by atoms with Gasteiger partial charge in [-0.05, 0) is 43.4 Å². The zero-order valence-electron chi connectivity index (χ0n) is 15.0. The van der Waals surface area contributed by atoms with E-state index < -0.39 is 17.2 Å². The van der Waals surface area contributed by atoms with Crippen molar-refractivity contribution in [3.8, 4) is 0 Å². The second-order valence-corrected chi connectivity index (χ2v) is 8.17. The maximum absolute atomic E-state index is 13.6. The predicted octanol–water partition coefficient (Wildman–Crippen LogP) is 2.76. The summed E-state index contributed by atoms with van der Waals surface area (Å²) in [6, 6.07) is 3.07. The highest BCUT2D eigenvalue weighted by molar-refractivity contribution is 5.89. The van der Waals surface area contributed by atoms with E-state index in [4.69, 9.17) is 4.74 Å². The zero-order chi connectivity index (χ0) is 18.8. The van der Waals surface area contributed by atoms with Crippen molar-refractivity contribution in [2.45, 2.75) is 56.4 Å². The van der Waals surface area contributed by atoms with Crippen molar-refractivity contribution in [1.82, 2.24) is 9.80 Å². The Morgan fingerprint density at radius 3 is 2.33 bits per heavy atom. The molecule has 2 unspecified atom stereocenters. The summed E-state index contributed by atoms with van der Waals surface area (Å²) in [6.45, 7) is 1.06. The van der Waals surface area contributed by atoms with Gasteiger partial charge in [0.05, 0.1) is 6.04 Å². The monoisotopic (exact) mass is 376 g/mol. The second-order valence-electron chi connectivity index (χ2n) is 8.17. The maximum atomic E-state index is 13.6. The Morgan fingerprint density at radius 2 is 1.70 bits per heavy atom. The molecule has 1 aliphatic carbocycles. The minimum atomic E-state index is -0.893. The molecule has 4 fully saturated rings. The van der Waals surface area contributed by atoms with Gasteiger partial charge in [-0.25, -0.2) is 8.78 Å². The van der Waals surface area contributed by atoms with Gasteiger partial charge in [0.1, 0.15) is 17.9 Å². The number of hydrogen-bond donors (Lipinski definition) is 0. The molecule has 27 heavy (non-hydrogen) atoms. The summed E-state index contributed by atoms with van der Waals surface area (Å²) in [5.74, 6) is -0.998. The minimum Gasteiger partial charge on any atom is -0.342 e. The van der Waals surface area contributed by atoms with Crippen LogP contribution >= 0.6 is 0 Å². The molecule has 2 atom stereocenters. The predicted molar refractivity (Wildman–Crippen MR) is 91.3 cm³/mol. The molecule has 4 aliphatic rings. The Bertz CT molecular complexity index is 782. The van der Waals surface area contributed by atoms with Crippen LogP contribution in [0.4, 0.5) is 8.78 Å². The van der Waals surface area contributed by atoms with E-state index in [2.05, 4.69) is 0 Å². The van der Waals surface area contributed by atoms with Crippen LogP contribution in [0.15, 0.2) is 18.2 Å². The molecule has 3 aliphatic heterocycles. The Labute approximate surface area is 156 Å². The fourth-order valence-electron chi connectivity index (χ4n) is 4.82. The third-order valence-electron chi connectivity index (χ3n) is 6.40. The van der Waals surface area contributed by atoms with Crippen LogP contribution in [0.2, 0.25) is 0 Å². The Kier molecular flexibility index (Phi) is 3.79. The van der Waals surface area contributed by atoms with Crippen molar-refractivity contribution >= 4 is 11.8 Å². The van der Waals surface area contributed by atoms with Gasteiger partial charge < -0.3 is 14.5 Å². The van der Waals surface area contributed by atoms with Crippen molar-refractivity contribution in [3.05, 3.63) is 35.4 Å². The number of piperidine rings is 1. The minimum absolute atomic E-state index is 0.0989. The summed E-state index contributed by atoms with van der Waals surface area (Å²) in [4.78, 5) is 29.0. The largest absolute Gasteiger partial charge is 0.342 e. The molecule has 5 rings (SSSR count). The topological polar surface area (TPSA) is 49.9 Å². The number of fused-ring (bicyclic) bond motifs is 1. The van der Waals surface area contributed by atoms with Crippen LogP contribution in [0.1, 0.15) is 50.1 Å². The molecule has 1 spiro atoms. The van der Waals surface area contributed by atoms with Crippen LogP contribution < -0.4 is 0 Å². The molecule has 0 bridgehead atoms. The van der Waals surface area contributed by atoms with Crippen LogP contribution in [0.3, 0.4) is 0 Å². The average molecular weight is 376 g/mol. The molecule has 1 aromatic carbocycles. The van der Waals surface area contributed by atoms with Gasteiger partial charge in [-0.1, -0.05) is 0 Å². The van der Waals surface area contributed by atoms with Crippen LogP contribution in [0, 0.1) is 17.6 Å². The van der Waals surface area contributed by atoms with E-state index in [0.29, 0.717) is 44.3 Å². The van der Waals surface area contributed by atoms with E-state index in [1.165, 1.54) is 12.1 Å². The molecule has 0 radical (unpaired) electrons. The number of carbonyl (C=O) groups excluding carboxylic acids is 2. The first-order valence-electron chi connectivity index (χ1n) is 9.72. The van der Waals surface area contributed by atoms with Crippen molar-refractivity contribution in [2.75, 3.05) is 13.1 Å². The van der Waals surface area contributed by atoms with E-state index in [1.54, 1.807) is 4.90 Å². The van der Waals surface area contributed by atoms with E-state index in [9.17, 15) is 18.4 Å². The number of hydrogen-bond acceptors (Lipinski definition) is 3. The Hall–Kier alpha value is -2.02. The maximum Gasteiger partial charge on any atom is 0.257 e. The summed E-state index contributed by atoms with van der Waals surface area (Å²) in [7, 11) is 0. The molecule has 3 heterocycles. The summed E-state index contributed by atoms with van der Waals surface area (Å²) >= 11 is 0. The Morgan fingerprint density at radius 1 is 1.04 bits per heavy atom. The molecule has 7 heteroatoms. The molecule has 0 aromatic heterocycles. The molecule has 2 amide bonds. The first kappa shape index (κ1) is 17.1. The van der Waals surface area contributed by atoms with Gasteiger partial charge in [0.25, 0.3) is 5.91 Å². The lowest BCUT2D eigenvalue weighted by Gasteiger charge is -2.37. The number of halogens is 2. The van der Waals surface area contributed by atoms with Crippen molar-refractivity contribution in [3.63, 3.8) is 0 Å². The lowest BCUT2D eigenvalue weighted by molar-refractivity contribution is -0.149.